The van der Waals surface area contributed by atoms with Crippen molar-refractivity contribution < 1.29 is 13.2 Å². The Bertz CT molecular complexity index is 1260. The van der Waals surface area contributed by atoms with E-state index < -0.39 is 0 Å². The third kappa shape index (κ3) is 4.65. The number of aryl methyl sites for hydroxylation is 2. The van der Waals surface area contributed by atoms with Crippen molar-refractivity contribution in [1.29, 1.82) is 0 Å². The van der Waals surface area contributed by atoms with Crippen LogP contribution < -0.4 is 0 Å². The van der Waals surface area contributed by atoms with Gasteiger partial charge in [-0.25, -0.2) is 4.39 Å². The molecule has 5 rings (SSSR count). The lowest BCUT2D eigenvalue weighted by Gasteiger charge is -2.31. The zero-order valence-corrected chi connectivity index (χ0v) is 20.3. The van der Waals surface area contributed by atoms with Gasteiger partial charge in [0.2, 0.25) is 5.89 Å². The fourth-order valence-corrected chi connectivity index (χ4v) is 5.13. The van der Waals surface area contributed by atoms with Crippen molar-refractivity contribution >= 4 is 11.8 Å². The van der Waals surface area contributed by atoms with Crippen molar-refractivity contribution in [3.63, 3.8) is 0 Å². The van der Waals surface area contributed by atoms with Crippen molar-refractivity contribution in [2.45, 2.75) is 57.0 Å². The second kappa shape index (κ2) is 9.71. The van der Waals surface area contributed by atoms with Gasteiger partial charge >= 0.3 is 0 Å². The maximum absolute atomic E-state index is 13.6. The van der Waals surface area contributed by atoms with E-state index >= 15 is 0 Å². The highest BCUT2D eigenvalue weighted by atomic mass is 32.2. The van der Waals surface area contributed by atoms with Gasteiger partial charge in [0.1, 0.15) is 17.3 Å². The largest absolute Gasteiger partial charge is 0.466 e. The maximum atomic E-state index is 13.6. The van der Waals surface area contributed by atoms with Crippen molar-refractivity contribution in [1.82, 2.24) is 29.9 Å². The van der Waals surface area contributed by atoms with Gasteiger partial charge < -0.3 is 8.83 Å². The molecule has 1 fully saturated rings. The van der Waals surface area contributed by atoms with E-state index in [9.17, 15) is 4.39 Å². The molecule has 3 aromatic heterocycles. The van der Waals surface area contributed by atoms with Crippen molar-refractivity contribution in [3.05, 3.63) is 59.4 Å². The van der Waals surface area contributed by atoms with Crippen LogP contribution in [0.5, 0.6) is 0 Å². The Morgan fingerprint density at radius 3 is 2.47 bits per heavy atom. The number of aromatic nitrogens is 5. The molecule has 4 heterocycles. The smallest absolute Gasteiger partial charge is 0.251 e. The fourth-order valence-electron chi connectivity index (χ4n) is 4.34. The summed E-state index contributed by atoms with van der Waals surface area (Å²) in [5.74, 6) is 3.45. The summed E-state index contributed by atoms with van der Waals surface area (Å²) >= 11 is 1.46. The van der Waals surface area contributed by atoms with E-state index in [0.29, 0.717) is 22.7 Å². The highest BCUT2D eigenvalue weighted by Gasteiger charge is 2.26. The predicted molar refractivity (Wildman–Crippen MR) is 126 cm³/mol. The number of benzene rings is 1. The lowest BCUT2D eigenvalue weighted by molar-refractivity contribution is 0.167. The Kier molecular flexibility index (Phi) is 6.51. The molecule has 0 N–H and O–H groups in total. The molecule has 0 radical (unpaired) electrons. The normalized spacial score (nSPS) is 15.6. The third-order valence-electron chi connectivity index (χ3n) is 6.12. The molecule has 8 nitrogen and oxygen atoms in total. The van der Waals surface area contributed by atoms with Crippen molar-refractivity contribution in [2.75, 3.05) is 13.1 Å². The Morgan fingerprint density at radius 2 is 1.76 bits per heavy atom. The van der Waals surface area contributed by atoms with Gasteiger partial charge in [-0.2, -0.15) is 0 Å². The quantitative estimate of drug-likeness (QED) is 0.319. The zero-order valence-electron chi connectivity index (χ0n) is 19.5. The number of halogens is 1. The summed E-state index contributed by atoms with van der Waals surface area (Å²) in [4.78, 5) is 2.43. The standard InChI is InChI=1S/C24H27FN6O2S/c1-15-13-20(17(3)32-15)23-28-26-21(33-23)14-34-24-29-27-22(16(2)30-11-5-4-6-12-30)31(24)19-9-7-18(25)8-10-19/h7-10,13,16H,4-6,11-12,14H2,1-3H3. The first-order valence-electron chi connectivity index (χ1n) is 11.5. The van der Waals surface area contributed by atoms with Crippen LogP contribution in [-0.2, 0) is 5.75 Å². The molecule has 0 bridgehead atoms. The number of piperidine rings is 1. The van der Waals surface area contributed by atoms with Gasteiger partial charge in [0.05, 0.1) is 17.4 Å². The van der Waals surface area contributed by atoms with E-state index in [4.69, 9.17) is 8.83 Å². The van der Waals surface area contributed by atoms with Gasteiger partial charge in [-0.1, -0.05) is 18.2 Å². The number of likely N-dealkylation sites (tertiary alicyclic amines) is 1. The molecule has 1 atom stereocenters. The van der Waals surface area contributed by atoms with Gasteiger partial charge in [-0.05, 0) is 77.0 Å². The molecular weight excluding hydrogens is 455 g/mol. The lowest BCUT2D eigenvalue weighted by Crippen LogP contribution is -2.33. The molecule has 1 saturated heterocycles. The summed E-state index contributed by atoms with van der Waals surface area (Å²) in [5, 5.41) is 18.1. The monoisotopic (exact) mass is 482 g/mol. The molecule has 1 unspecified atom stereocenters. The summed E-state index contributed by atoms with van der Waals surface area (Å²) < 4.78 is 27.1. The fraction of sp³-hybridized carbons (Fsp3) is 0.417. The molecule has 10 heteroatoms. The van der Waals surface area contributed by atoms with Gasteiger partial charge in [0.15, 0.2) is 11.0 Å². The van der Waals surface area contributed by atoms with Crippen LogP contribution in [0, 0.1) is 19.7 Å². The molecule has 0 saturated carbocycles. The van der Waals surface area contributed by atoms with Gasteiger partial charge in [-0.15, -0.1) is 20.4 Å². The molecule has 4 aromatic rings. The van der Waals surface area contributed by atoms with E-state index in [1.165, 1.54) is 43.2 Å². The van der Waals surface area contributed by atoms with E-state index in [2.05, 4.69) is 32.2 Å². The van der Waals surface area contributed by atoms with Crippen LogP contribution in [0.4, 0.5) is 4.39 Å². The van der Waals surface area contributed by atoms with Crippen LogP contribution >= 0.6 is 11.8 Å². The number of furan rings is 1. The van der Waals surface area contributed by atoms with Crippen LogP contribution in [0.2, 0.25) is 0 Å². The first-order chi connectivity index (χ1) is 16.5. The SMILES string of the molecule is Cc1cc(-c2nnc(CSc3nnc(C(C)N4CCCCC4)n3-c3ccc(F)cc3)o2)c(C)o1. The first kappa shape index (κ1) is 22.8. The average molecular weight is 483 g/mol. The van der Waals surface area contributed by atoms with E-state index in [-0.39, 0.29) is 11.9 Å². The Labute approximate surface area is 201 Å². The Morgan fingerprint density at radius 1 is 1.00 bits per heavy atom. The molecule has 178 valence electrons. The first-order valence-corrected chi connectivity index (χ1v) is 12.5. The van der Waals surface area contributed by atoms with Gasteiger partial charge in [0.25, 0.3) is 5.89 Å². The molecule has 1 aromatic carbocycles. The zero-order chi connectivity index (χ0) is 23.7. The van der Waals surface area contributed by atoms with E-state index in [1.54, 1.807) is 12.1 Å². The lowest BCUT2D eigenvalue weighted by atomic mass is 10.1. The van der Waals surface area contributed by atoms with Crippen molar-refractivity contribution in [2.24, 2.45) is 0 Å². The number of thioether (sulfide) groups is 1. The summed E-state index contributed by atoms with van der Waals surface area (Å²) in [6, 6.07) is 8.40. The molecule has 1 aliphatic rings. The summed E-state index contributed by atoms with van der Waals surface area (Å²) in [7, 11) is 0. The molecule has 0 amide bonds. The minimum atomic E-state index is -0.278. The summed E-state index contributed by atoms with van der Waals surface area (Å²) in [5.41, 5.74) is 1.62. The minimum Gasteiger partial charge on any atom is -0.466 e. The molecule has 34 heavy (non-hydrogen) atoms. The van der Waals surface area contributed by atoms with Crippen LogP contribution in [0.15, 0.2) is 44.3 Å². The van der Waals surface area contributed by atoms with Crippen LogP contribution in [0.3, 0.4) is 0 Å². The van der Waals surface area contributed by atoms with E-state index in [1.807, 2.05) is 24.5 Å². The Hall–Kier alpha value is -2.98. The second-order valence-electron chi connectivity index (χ2n) is 8.54. The second-order valence-corrected chi connectivity index (χ2v) is 9.48. The highest BCUT2D eigenvalue weighted by Crippen LogP contribution is 2.32. The molecular formula is C24H27FN6O2S. The van der Waals surface area contributed by atoms with Gasteiger partial charge in [0, 0.05) is 5.69 Å². The number of hydrogen-bond donors (Lipinski definition) is 0. The van der Waals surface area contributed by atoms with Crippen LogP contribution in [-0.4, -0.2) is 43.0 Å². The van der Waals surface area contributed by atoms with Gasteiger partial charge in [-0.3, -0.25) is 9.47 Å². The van der Waals surface area contributed by atoms with Crippen LogP contribution in [0.1, 0.15) is 55.5 Å². The molecule has 0 aliphatic carbocycles. The number of nitrogens with zero attached hydrogens (tertiary/aromatic N) is 6. The molecule has 0 spiro atoms. The van der Waals surface area contributed by atoms with Crippen LogP contribution in [0.25, 0.3) is 17.1 Å². The maximum Gasteiger partial charge on any atom is 0.251 e. The number of rotatable bonds is 7. The van der Waals surface area contributed by atoms with Crippen molar-refractivity contribution in [3.8, 4) is 17.1 Å². The predicted octanol–water partition coefficient (Wildman–Crippen LogP) is 5.51. The highest BCUT2D eigenvalue weighted by molar-refractivity contribution is 7.98. The Balaban J connectivity index is 1.40. The topological polar surface area (TPSA) is 86.0 Å². The third-order valence-corrected chi connectivity index (χ3v) is 7.03. The molecule has 1 aliphatic heterocycles. The number of hydrogen-bond acceptors (Lipinski definition) is 8. The van der Waals surface area contributed by atoms with E-state index in [0.717, 1.165) is 41.7 Å². The average Bonchev–Trinajstić information content (AvgIpc) is 3.56. The summed E-state index contributed by atoms with van der Waals surface area (Å²) in [6.45, 7) is 7.99. The minimum absolute atomic E-state index is 0.0921. The summed E-state index contributed by atoms with van der Waals surface area (Å²) in [6.07, 6.45) is 3.64.